The molecule has 0 unspecified atom stereocenters. The van der Waals surface area contributed by atoms with Crippen molar-refractivity contribution in [1.29, 1.82) is 0 Å². The van der Waals surface area contributed by atoms with Crippen molar-refractivity contribution in [2.45, 2.75) is 58.0 Å². The second-order valence-corrected chi connectivity index (χ2v) is 6.00. The van der Waals surface area contributed by atoms with Gasteiger partial charge in [0.05, 0.1) is 12.4 Å². The summed E-state index contributed by atoms with van der Waals surface area (Å²) in [5.74, 6) is 1.87. The van der Waals surface area contributed by atoms with E-state index in [1.807, 2.05) is 12.1 Å². The molecule has 1 aliphatic rings. The fourth-order valence-electron chi connectivity index (χ4n) is 2.84. The van der Waals surface area contributed by atoms with E-state index < -0.39 is 0 Å². The summed E-state index contributed by atoms with van der Waals surface area (Å²) in [5, 5.41) is 6.61. The van der Waals surface area contributed by atoms with Gasteiger partial charge in [-0.2, -0.15) is 0 Å². The average Bonchev–Trinajstić information content (AvgIpc) is 3.09. The molecule has 0 spiro atoms. The maximum atomic E-state index is 5.93. The van der Waals surface area contributed by atoms with Crippen molar-refractivity contribution >= 4 is 5.96 Å². The van der Waals surface area contributed by atoms with Gasteiger partial charge in [0.2, 0.25) is 0 Å². The van der Waals surface area contributed by atoms with Gasteiger partial charge in [-0.05, 0) is 38.3 Å². The Bertz CT molecular complexity index is 425. The second kappa shape index (κ2) is 11.1. The van der Waals surface area contributed by atoms with E-state index in [1.165, 1.54) is 32.1 Å². The van der Waals surface area contributed by atoms with Gasteiger partial charge >= 0.3 is 0 Å². The smallest absolute Gasteiger partial charge is 0.191 e. The first-order chi connectivity index (χ1) is 11.4. The lowest BCUT2D eigenvalue weighted by atomic mass is 9.98. The molecule has 0 aromatic carbocycles. The number of guanidine groups is 1. The topological polar surface area (TPSA) is 58.8 Å². The monoisotopic (exact) mass is 321 g/mol. The molecule has 1 saturated carbocycles. The zero-order chi connectivity index (χ0) is 16.2. The number of rotatable bonds is 9. The van der Waals surface area contributed by atoms with Crippen molar-refractivity contribution in [3.05, 3.63) is 24.2 Å². The van der Waals surface area contributed by atoms with Gasteiger partial charge in [0.15, 0.2) is 5.96 Å². The lowest BCUT2D eigenvalue weighted by Crippen LogP contribution is -2.38. The average molecular weight is 321 g/mol. The zero-order valence-electron chi connectivity index (χ0n) is 14.4. The summed E-state index contributed by atoms with van der Waals surface area (Å²) in [6.07, 6.45) is 10.5. The molecule has 5 heteroatoms. The Hall–Kier alpha value is -1.49. The van der Waals surface area contributed by atoms with E-state index in [-0.39, 0.29) is 0 Å². The Balaban J connectivity index is 1.58. The standard InChI is InChI=1S/C18H31N3O2/c1-2-19-18(21-13-11-17-10-6-14-22-17)20-12-7-15-23-16-8-4-3-5-9-16/h6,10,14,16H,2-5,7-9,11-13,15H2,1H3,(H2,19,20,21). The van der Waals surface area contributed by atoms with Crippen molar-refractivity contribution in [1.82, 2.24) is 10.6 Å². The van der Waals surface area contributed by atoms with Crippen LogP contribution in [0.2, 0.25) is 0 Å². The molecule has 1 heterocycles. The first-order valence-corrected chi connectivity index (χ1v) is 9.04. The number of aliphatic imine (C=N–C) groups is 1. The third-order valence-electron chi connectivity index (χ3n) is 4.07. The molecular weight excluding hydrogens is 290 g/mol. The number of hydrogen-bond acceptors (Lipinski definition) is 3. The molecule has 1 aromatic rings. The molecule has 2 N–H and O–H groups in total. The highest BCUT2D eigenvalue weighted by atomic mass is 16.5. The normalized spacial score (nSPS) is 16.5. The number of nitrogens with zero attached hydrogens (tertiary/aromatic N) is 1. The lowest BCUT2D eigenvalue weighted by Gasteiger charge is -2.21. The fraction of sp³-hybridized carbons (Fsp3) is 0.722. The molecule has 1 aromatic heterocycles. The van der Waals surface area contributed by atoms with Crippen LogP contribution in [-0.2, 0) is 11.2 Å². The Morgan fingerprint density at radius 1 is 1.30 bits per heavy atom. The number of furan rings is 1. The van der Waals surface area contributed by atoms with E-state index in [1.54, 1.807) is 6.26 Å². The van der Waals surface area contributed by atoms with E-state index in [0.717, 1.165) is 50.8 Å². The number of nitrogens with one attached hydrogen (secondary N) is 2. The van der Waals surface area contributed by atoms with Gasteiger partial charge in [0.1, 0.15) is 5.76 Å². The van der Waals surface area contributed by atoms with Gasteiger partial charge in [-0.15, -0.1) is 0 Å². The quantitative estimate of drug-likeness (QED) is 0.417. The minimum atomic E-state index is 0.493. The summed E-state index contributed by atoms with van der Waals surface area (Å²) < 4.78 is 11.3. The van der Waals surface area contributed by atoms with Gasteiger partial charge in [0, 0.05) is 32.7 Å². The largest absolute Gasteiger partial charge is 0.469 e. The van der Waals surface area contributed by atoms with Crippen LogP contribution in [0.25, 0.3) is 0 Å². The van der Waals surface area contributed by atoms with E-state index in [4.69, 9.17) is 9.15 Å². The Labute approximate surface area is 139 Å². The molecular formula is C18H31N3O2. The van der Waals surface area contributed by atoms with Gasteiger partial charge in [-0.1, -0.05) is 19.3 Å². The van der Waals surface area contributed by atoms with Crippen molar-refractivity contribution in [2.75, 3.05) is 26.2 Å². The fourth-order valence-corrected chi connectivity index (χ4v) is 2.84. The first-order valence-electron chi connectivity index (χ1n) is 9.04. The highest BCUT2D eigenvalue weighted by Gasteiger charge is 2.12. The molecule has 1 aliphatic carbocycles. The Morgan fingerprint density at radius 3 is 2.91 bits per heavy atom. The van der Waals surface area contributed by atoms with Crippen LogP contribution in [0.5, 0.6) is 0 Å². The molecule has 1 fully saturated rings. The molecule has 0 aliphatic heterocycles. The third-order valence-corrected chi connectivity index (χ3v) is 4.07. The van der Waals surface area contributed by atoms with Crippen LogP contribution in [0.3, 0.4) is 0 Å². The van der Waals surface area contributed by atoms with Crippen molar-refractivity contribution in [3.63, 3.8) is 0 Å². The van der Waals surface area contributed by atoms with Crippen LogP contribution in [0, 0.1) is 0 Å². The molecule has 0 bridgehead atoms. The predicted molar refractivity (Wildman–Crippen MR) is 93.8 cm³/mol. The first kappa shape index (κ1) is 17.9. The minimum Gasteiger partial charge on any atom is -0.469 e. The molecule has 130 valence electrons. The summed E-state index contributed by atoms with van der Waals surface area (Å²) in [5.41, 5.74) is 0. The molecule has 2 rings (SSSR count). The summed E-state index contributed by atoms with van der Waals surface area (Å²) in [6.45, 7) is 5.38. The molecule has 0 atom stereocenters. The van der Waals surface area contributed by atoms with Crippen molar-refractivity contribution < 1.29 is 9.15 Å². The summed E-state index contributed by atoms with van der Waals surface area (Å²) in [7, 11) is 0. The summed E-state index contributed by atoms with van der Waals surface area (Å²) in [6, 6.07) is 3.91. The van der Waals surface area contributed by atoms with Crippen LogP contribution in [0.1, 0.15) is 51.2 Å². The maximum Gasteiger partial charge on any atom is 0.191 e. The number of ether oxygens (including phenoxy) is 1. The maximum absolute atomic E-state index is 5.93. The summed E-state index contributed by atoms with van der Waals surface area (Å²) in [4.78, 5) is 4.60. The van der Waals surface area contributed by atoms with E-state index in [0.29, 0.717) is 6.10 Å². The number of hydrogen-bond donors (Lipinski definition) is 2. The van der Waals surface area contributed by atoms with E-state index in [9.17, 15) is 0 Å². The highest BCUT2D eigenvalue weighted by molar-refractivity contribution is 5.79. The van der Waals surface area contributed by atoms with Crippen LogP contribution in [-0.4, -0.2) is 38.3 Å². The molecule has 23 heavy (non-hydrogen) atoms. The van der Waals surface area contributed by atoms with E-state index >= 15 is 0 Å². The van der Waals surface area contributed by atoms with Crippen LogP contribution < -0.4 is 10.6 Å². The van der Waals surface area contributed by atoms with Gasteiger partial charge in [-0.3, -0.25) is 4.99 Å². The van der Waals surface area contributed by atoms with E-state index in [2.05, 4.69) is 22.5 Å². The van der Waals surface area contributed by atoms with Crippen molar-refractivity contribution in [3.8, 4) is 0 Å². The minimum absolute atomic E-state index is 0.493. The molecule has 0 amide bonds. The van der Waals surface area contributed by atoms with Gasteiger partial charge in [0.25, 0.3) is 0 Å². The highest BCUT2D eigenvalue weighted by Crippen LogP contribution is 2.20. The molecule has 0 radical (unpaired) electrons. The van der Waals surface area contributed by atoms with Crippen molar-refractivity contribution in [2.24, 2.45) is 4.99 Å². The van der Waals surface area contributed by atoms with Crippen LogP contribution >= 0.6 is 0 Å². The van der Waals surface area contributed by atoms with Gasteiger partial charge in [-0.25, -0.2) is 0 Å². The Morgan fingerprint density at radius 2 is 2.17 bits per heavy atom. The van der Waals surface area contributed by atoms with Crippen LogP contribution in [0.15, 0.2) is 27.8 Å². The summed E-state index contributed by atoms with van der Waals surface area (Å²) >= 11 is 0. The molecule has 0 saturated heterocycles. The zero-order valence-corrected chi connectivity index (χ0v) is 14.4. The SMILES string of the molecule is CCNC(=NCCCOC1CCCCC1)NCCc1ccco1. The third kappa shape index (κ3) is 7.55. The Kier molecular flexibility index (Phi) is 8.62. The lowest BCUT2D eigenvalue weighted by molar-refractivity contribution is 0.0281. The molecule has 5 nitrogen and oxygen atoms in total. The predicted octanol–water partition coefficient (Wildman–Crippen LogP) is 3.12. The van der Waals surface area contributed by atoms with Crippen LogP contribution in [0.4, 0.5) is 0 Å². The van der Waals surface area contributed by atoms with Gasteiger partial charge < -0.3 is 19.8 Å². The second-order valence-electron chi connectivity index (χ2n) is 6.00.